The third kappa shape index (κ3) is 4.66. The molecule has 0 radical (unpaired) electrons. The van der Waals surface area contributed by atoms with Crippen LogP contribution in [0.15, 0.2) is 30.6 Å². The first-order valence-corrected chi connectivity index (χ1v) is 8.41. The minimum Gasteiger partial charge on any atom is -0.379 e. The fourth-order valence-corrected chi connectivity index (χ4v) is 2.78. The molecule has 2 heterocycles. The number of hydrogen-bond acceptors (Lipinski definition) is 6. The largest absolute Gasteiger partial charge is 0.379 e. The van der Waals surface area contributed by atoms with Crippen molar-refractivity contribution in [1.29, 1.82) is 0 Å². The van der Waals surface area contributed by atoms with Crippen molar-refractivity contribution in [2.75, 3.05) is 50.0 Å². The summed E-state index contributed by atoms with van der Waals surface area (Å²) in [6.45, 7) is 9.72. The Morgan fingerprint density at radius 2 is 1.88 bits per heavy atom. The van der Waals surface area contributed by atoms with E-state index in [1.807, 2.05) is 6.07 Å². The van der Waals surface area contributed by atoms with E-state index in [2.05, 4.69) is 57.5 Å². The number of rotatable bonds is 6. The predicted molar refractivity (Wildman–Crippen MR) is 97.0 cm³/mol. The van der Waals surface area contributed by atoms with Crippen molar-refractivity contribution < 1.29 is 4.74 Å². The molecule has 0 bridgehead atoms. The van der Waals surface area contributed by atoms with Crippen molar-refractivity contribution in [2.45, 2.75) is 13.8 Å². The van der Waals surface area contributed by atoms with Gasteiger partial charge >= 0.3 is 0 Å². The lowest BCUT2D eigenvalue weighted by Crippen LogP contribution is -2.39. The highest BCUT2D eigenvalue weighted by Crippen LogP contribution is 2.21. The minimum absolute atomic E-state index is 0.797. The molecule has 2 N–H and O–H groups in total. The number of morpholine rings is 1. The molecule has 6 heteroatoms. The third-order valence-electron chi connectivity index (χ3n) is 4.15. The molecule has 0 unspecified atom stereocenters. The van der Waals surface area contributed by atoms with E-state index in [9.17, 15) is 0 Å². The quantitative estimate of drug-likeness (QED) is 0.850. The molecule has 1 aromatic carbocycles. The zero-order chi connectivity index (χ0) is 16.8. The summed E-state index contributed by atoms with van der Waals surface area (Å²) in [6.07, 6.45) is 1.59. The lowest BCUT2D eigenvalue weighted by atomic mass is 10.1. The van der Waals surface area contributed by atoms with Crippen LogP contribution in [0, 0.1) is 13.8 Å². The van der Waals surface area contributed by atoms with Crippen LogP contribution in [0.5, 0.6) is 0 Å². The number of aryl methyl sites for hydroxylation is 2. The molecule has 3 rings (SSSR count). The second-order valence-corrected chi connectivity index (χ2v) is 6.11. The van der Waals surface area contributed by atoms with E-state index in [0.29, 0.717) is 0 Å². The third-order valence-corrected chi connectivity index (χ3v) is 4.15. The van der Waals surface area contributed by atoms with Gasteiger partial charge < -0.3 is 15.4 Å². The monoisotopic (exact) mass is 327 g/mol. The van der Waals surface area contributed by atoms with Gasteiger partial charge in [0.05, 0.1) is 13.2 Å². The summed E-state index contributed by atoms with van der Waals surface area (Å²) in [4.78, 5) is 11.0. The Kier molecular flexibility index (Phi) is 5.61. The zero-order valence-corrected chi connectivity index (χ0v) is 14.4. The molecular weight excluding hydrogens is 302 g/mol. The van der Waals surface area contributed by atoms with Crippen molar-refractivity contribution in [3.05, 3.63) is 41.7 Å². The molecule has 0 amide bonds. The van der Waals surface area contributed by atoms with Crippen molar-refractivity contribution in [2.24, 2.45) is 0 Å². The second kappa shape index (κ2) is 8.08. The van der Waals surface area contributed by atoms with E-state index in [1.54, 1.807) is 6.33 Å². The molecule has 0 atom stereocenters. The Balaban J connectivity index is 1.55. The van der Waals surface area contributed by atoms with Crippen LogP contribution in [0.2, 0.25) is 0 Å². The molecule has 0 saturated carbocycles. The van der Waals surface area contributed by atoms with Gasteiger partial charge in [-0.3, -0.25) is 4.90 Å². The fraction of sp³-hybridized carbons (Fsp3) is 0.444. The van der Waals surface area contributed by atoms with Gasteiger partial charge in [0.2, 0.25) is 0 Å². The summed E-state index contributed by atoms with van der Waals surface area (Å²) in [5.74, 6) is 1.64. The van der Waals surface area contributed by atoms with E-state index in [1.165, 1.54) is 11.1 Å². The fourth-order valence-electron chi connectivity index (χ4n) is 2.78. The maximum absolute atomic E-state index is 5.36. The Morgan fingerprint density at radius 3 is 2.67 bits per heavy atom. The van der Waals surface area contributed by atoms with E-state index in [4.69, 9.17) is 4.74 Å². The van der Waals surface area contributed by atoms with E-state index >= 15 is 0 Å². The summed E-state index contributed by atoms with van der Waals surface area (Å²) < 4.78 is 5.36. The van der Waals surface area contributed by atoms with Crippen LogP contribution in [-0.4, -0.2) is 54.3 Å². The first-order valence-electron chi connectivity index (χ1n) is 8.41. The number of aromatic nitrogens is 2. The SMILES string of the molecule is Cc1ccc(Nc2cc(NCCN3CCOCC3)ncn2)c(C)c1. The standard InChI is InChI=1S/C18H25N5O/c1-14-3-4-16(15(2)11-14)22-18-12-17(20-13-21-18)19-5-6-23-7-9-24-10-8-23/h3-4,11-13H,5-10H2,1-2H3,(H2,19,20,21,22). The summed E-state index contributed by atoms with van der Waals surface area (Å²) in [7, 11) is 0. The Hall–Kier alpha value is -2.18. The van der Waals surface area contributed by atoms with Crippen LogP contribution in [0.1, 0.15) is 11.1 Å². The highest BCUT2D eigenvalue weighted by atomic mass is 16.5. The van der Waals surface area contributed by atoms with Gasteiger partial charge in [0, 0.05) is 37.9 Å². The highest BCUT2D eigenvalue weighted by Gasteiger charge is 2.09. The molecular formula is C18H25N5O. The minimum atomic E-state index is 0.797. The van der Waals surface area contributed by atoms with Gasteiger partial charge in [-0.1, -0.05) is 17.7 Å². The van der Waals surface area contributed by atoms with Crippen LogP contribution < -0.4 is 10.6 Å². The normalized spacial score (nSPS) is 15.2. The van der Waals surface area contributed by atoms with Crippen molar-refractivity contribution in [3.63, 3.8) is 0 Å². The molecule has 0 aliphatic carbocycles. The molecule has 1 aromatic heterocycles. The summed E-state index contributed by atoms with van der Waals surface area (Å²) in [5.41, 5.74) is 3.53. The van der Waals surface area contributed by atoms with Crippen LogP contribution in [0.4, 0.5) is 17.3 Å². The molecule has 6 nitrogen and oxygen atoms in total. The van der Waals surface area contributed by atoms with Crippen molar-refractivity contribution in [3.8, 4) is 0 Å². The van der Waals surface area contributed by atoms with Crippen LogP contribution in [-0.2, 0) is 4.74 Å². The van der Waals surface area contributed by atoms with E-state index in [-0.39, 0.29) is 0 Å². The smallest absolute Gasteiger partial charge is 0.135 e. The number of hydrogen-bond donors (Lipinski definition) is 2. The lowest BCUT2D eigenvalue weighted by Gasteiger charge is -2.26. The topological polar surface area (TPSA) is 62.3 Å². The molecule has 0 spiro atoms. The first kappa shape index (κ1) is 16.7. The Bertz CT molecular complexity index is 670. The molecule has 1 aliphatic heterocycles. The second-order valence-electron chi connectivity index (χ2n) is 6.11. The van der Waals surface area contributed by atoms with Gasteiger partial charge in [0.15, 0.2) is 0 Å². The first-order chi connectivity index (χ1) is 11.7. The maximum atomic E-state index is 5.36. The predicted octanol–water partition coefficient (Wildman–Crippen LogP) is 2.58. The highest BCUT2D eigenvalue weighted by molar-refractivity contribution is 5.62. The van der Waals surface area contributed by atoms with Crippen LogP contribution in [0.3, 0.4) is 0 Å². The van der Waals surface area contributed by atoms with Gasteiger partial charge in [0.25, 0.3) is 0 Å². The average Bonchev–Trinajstić information content (AvgIpc) is 2.59. The van der Waals surface area contributed by atoms with Gasteiger partial charge in [-0.2, -0.15) is 0 Å². The van der Waals surface area contributed by atoms with Crippen LogP contribution in [0.25, 0.3) is 0 Å². The van der Waals surface area contributed by atoms with Gasteiger partial charge in [-0.25, -0.2) is 9.97 Å². The average molecular weight is 327 g/mol. The van der Waals surface area contributed by atoms with E-state index < -0.39 is 0 Å². The number of nitrogens with one attached hydrogen (secondary N) is 2. The van der Waals surface area contributed by atoms with E-state index in [0.717, 1.165) is 56.7 Å². The molecule has 24 heavy (non-hydrogen) atoms. The summed E-state index contributed by atoms with van der Waals surface area (Å²) >= 11 is 0. The lowest BCUT2D eigenvalue weighted by molar-refractivity contribution is 0.0398. The van der Waals surface area contributed by atoms with Crippen molar-refractivity contribution in [1.82, 2.24) is 14.9 Å². The molecule has 1 saturated heterocycles. The van der Waals surface area contributed by atoms with Gasteiger partial charge in [-0.15, -0.1) is 0 Å². The molecule has 2 aromatic rings. The molecule has 1 fully saturated rings. The summed E-state index contributed by atoms with van der Waals surface area (Å²) in [5, 5.41) is 6.73. The number of anilines is 3. The number of nitrogens with zero attached hydrogens (tertiary/aromatic N) is 3. The van der Waals surface area contributed by atoms with Crippen molar-refractivity contribution >= 4 is 17.3 Å². The number of benzene rings is 1. The molecule has 1 aliphatic rings. The molecule has 128 valence electrons. The Morgan fingerprint density at radius 1 is 1.08 bits per heavy atom. The number of ether oxygens (including phenoxy) is 1. The maximum Gasteiger partial charge on any atom is 0.135 e. The van der Waals surface area contributed by atoms with Gasteiger partial charge in [-0.05, 0) is 25.5 Å². The summed E-state index contributed by atoms with van der Waals surface area (Å²) in [6, 6.07) is 8.28. The Labute approximate surface area is 143 Å². The van der Waals surface area contributed by atoms with Gasteiger partial charge in [0.1, 0.15) is 18.0 Å². The zero-order valence-electron chi connectivity index (χ0n) is 14.4. The van der Waals surface area contributed by atoms with Crippen LogP contribution >= 0.6 is 0 Å².